The average Bonchev–Trinajstić information content (AvgIpc) is 2.44. The van der Waals surface area contributed by atoms with Crippen molar-refractivity contribution in [2.45, 2.75) is 13.5 Å². The lowest BCUT2D eigenvalue weighted by molar-refractivity contribution is 0.321. The lowest BCUT2D eigenvalue weighted by Crippen LogP contribution is -2.01. The Balaban J connectivity index is 2.12. The molecule has 0 atom stereocenters. The molecular weight excluding hydrogens is 316 g/mol. The Kier molecular flexibility index (Phi) is 5.15. The topological polar surface area (TPSA) is 41.5 Å². The van der Waals surface area contributed by atoms with Crippen LogP contribution in [0, 0.1) is 5.82 Å². The molecule has 0 aromatic heterocycles. The molecule has 0 spiro atoms. The number of rotatable bonds is 5. The molecule has 0 saturated carbocycles. The number of anilines is 1. The number of benzene rings is 2. The number of phenolic OH excluding ortho intramolecular Hbond substituents is 1. The fraction of sp³-hybridized carbons (Fsp3) is 0.200. The highest BCUT2D eigenvalue weighted by molar-refractivity contribution is 6.35. The van der Waals surface area contributed by atoms with E-state index in [1.165, 1.54) is 12.1 Å². The predicted molar refractivity (Wildman–Crippen MR) is 83.0 cm³/mol. The summed E-state index contributed by atoms with van der Waals surface area (Å²) < 4.78 is 18.8. The van der Waals surface area contributed by atoms with Crippen LogP contribution in [-0.4, -0.2) is 11.7 Å². The highest BCUT2D eigenvalue weighted by atomic mass is 35.5. The van der Waals surface area contributed by atoms with Crippen LogP contribution in [0.25, 0.3) is 0 Å². The van der Waals surface area contributed by atoms with Crippen LogP contribution in [0.3, 0.4) is 0 Å². The summed E-state index contributed by atoms with van der Waals surface area (Å²) in [6, 6.07) is 7.62. The Hall–Kier alpha value is -1.65. The number of phenols is 1. The van der Waals surface area contributed by atoms with Gasteiger partial charge in [0, 0.05) is 28.9 Å². The van der Waals surface area contributed by atoms with Crippen molar-refractivity contribution in [1.82, 2.24) is 0 Å². The number of hydrogen-bond donors (Lipinski definition) is 2. The van der Waals surface area contributed by atoms with Gasteiger partial charge in [-0.2, -0.15) is 0 Å². The Morgan fingerprint density at radius 3 is 2.67 bits per heavy atom. The van der Waals surface area contributed by atoms with E-state index in [4.69, 9.17) is 27.9 Å². The second kappa shape index (κ2) is 6.87. The summed E-state index contributed by atoms with van der Waals surface area (Å²) in [6.45, 7) is 2.45. The third-order valence-corrected chi connectivity index (χ3v) is 3.33. The van der Waals surface area contributed by atoms with E-state index in [2.05, 4.69) is 5.32 Å². The van der Waals surface area contributed by atoms with E-state index in [-0.39, 0.29) is 23.1 Å². The molecule has 0 aliphatic rings. The van der Waals surface area contributed by atoms with Gasteiger partial charge < -0.3 is 15.2 Å². The van der Waals surface area contributed by atoms with Gasteiger partial charge in [0.05, 0.1) is 11.6 Å². The van der Waals surface area contributed by atoms with E-state index in [0.29, 0.717) is 22.9 Å². The lowest BCUT2D eigenvalue weighted by Gasteiger charge is -2.11. The molecule has 21 heavy (non-hydrogen) atoms. The lowest BCUT2D eigenvalue weighted by atomic mass is 10.2. The van der Waals surface area contributed by atoms with Crippen molar-refractivity contribution < 1.29 is 14.2 Å². The molecule has 0 saturated heterocycles. The van der Waals surface area contributed by atoms with Gasteiger partial charge in [0.15, 0.2) is 11.6 Å². The monoisotopic (exact) mass is 329 g/mol. The molecule has 6 heteroatoms. The van der Waals surface area contributed by atoms with Crippen LogP contribution in [0.4, 0.5) is 10.1 Å². The second-order valence-electron chi connectivity index (χ2n) is 4.33. The van der Waals surface area contributed by atoms with Crippen molar-refractivity contribution in [2.24, 2.45) is 0 Å². The Labute approximate surface area is 132 Å². The standard InChI is InChI=1S/C15H14Cl2FNO2/c1-2-21-14-4-3-11(7-13(14)18)19-8-9-5-10(16)6-12(17)15(9)20/h3-7,19-20H,2,8H2,1H3. The zero-order valence-electron chi connectivity index (χ0n) is 11.3. The second-order valence-corrected chi connectivity index (χ2v) is 5.17. The molecule has 0 fully saturated rings. The van der Waals surface area contributed by atoms with Crippen LogP contribution in [0.2, 0.25) is 10.0 Å². The van der Waals surface area contributed by atoms with Crippen molar-refractivity contribution in [2.75, 3.05) is 11.9 Å². The Morgan fingerprint density at radius 1 is 1.24 bits per heavy atom. The van der Waals surface area contributed by atoms with Gasteiger partial charge in [0.2, 0.25) is 0 Å². The molecule has 0 aliphatic heterocycles. The number of aromatic hydroxyl groups is 1. The third kappa shape index (κ3) is 3.93. The van der Waals surface area contributed by atoms with Crippen molar-refractivity contribution >= 4 is 28.9 Å². The molecule has 0 unspecified atom stereocenters. The summed E-state index contributed by atoms with van der Waals surface area (Å²) in [6.07, 6.45) is 0. The molecule has 2 N–H and O–H groups in total. The van der Waals surface area contributed by atoms with E-state index >= 15 is 0 Å². The van der Waals surface area contributed by atoms with Crippen LogP contribution in [-0.2, 0) is 6.54 Å². The first-order valence-corrected chi connectivity index (χ1v) is 7.10. The first-order chi connectivity index (χ1) is 10.0. The van der Waals surface area contributed by atoms with E-state index in [1.807, 2.05) is 0 Å². The molecule has 0 bridgehead atoms. The van der Waals surface area contributed by atoms with Crippen molar-refractivity contribution in [3.8, 4) is 11.5 Å². The van der Waals surface area contributed by atoms with Gasteiger partial charge in [-0.05, 0) is 31.2 Å². The van der Waals surface area contributed by atoms with Crippen LogP contribution in [0.1, 0.15) is 12.5 Å². The maximum absolute atomic E-state index is 13.7. The maximum atomic E-state index is 13.7. The summed E-state index contributed by atoms with van der Waals surface area (Å²) in [4.78, 5) is 0. The summed E-state index contributed by atoms with van der Waals surface area (Å²) in [5.41, 5.74) is 1.09. The van der Waals surface area contributed by atoms with Gasteiger partial charge in [-0.1, -0.05) is 23.2 Å². The zero-order chi connectivity index (χ0) is 15.4. The first kappa shape index (κ1) is 15.7. The van der Waals surface area contributed by atoms with Crippen LogP contribution in [0.5, 0.6) is 11.5 Å². The van der Waals surface area contributed by atoms with E-state index in [1.54, 1.807) is 25.1 Å². The smallest absolute Gasteiger partial charge is 0.167 e. The third-order valence-electron chi connectivity index (χ3n) is 2.82. The molecule has 3 nitrogen and oxygen atoms in total. The summed E-state index contributed by atoms with van der Waals surface area (Å²) in [5.74, 6) is -0.285. The SMILES string of the molecule is CCOc1ccc(NCc2cc(Cl)cc(Cl)c2O)cc1F. The fourth-order valence-corrected chi connectivity index (χ4v) is 2.37. The van der Waals surface area contributed by atoms with Gasteiger partial charge in [-0.25, -0.2) is 4.39 Å². The number of ether oxygens (including phenoxy) is 1. The highest BCUT2D eigenvalue weighted by Gasteiger charge is 2.09. The fourth-order valence-electron chi connectivity index (χ4n) is 1.83. The predicted octanol–water partition coefficient (Wildman–Crippen LogP) is 4.85. The van der Waals surface area contributed by atoms with Gasteiger partial charge in [0.1, 0.15) is 5.75 Å². The summed E-state index contributed by atoms with van der Waals surface area (Å²) in [5, 5.41) is 13.4. The summed E-state index contributed by atoms with van der Waals surface area (Å²) >= 11 is 11.7. The van der Waals surface area contributed by atoms with Crippen LogP contribution in [0.15, 0.2) is 30.3 Å². The van der Waals surface area contributed by atoms with E-state index < -0.39 is 5.82 Å². The quantitative estimate of drug-likeness (QED) is 0.823. The zero-order valence-corrected chi connectivity index (χ0v) is 12.8. The van der Waals surface area contributed by atoms with Crippen molar-refractivity contribution in [3.63, 3.8) is 0 Å². The van der Waals surface area contributed by atoms with E-state index in [0.717, 1.165) is 0 Å². The molecule has 0 aliphatic carbocycles. The van der Waals surface area contributed by atoms with Crippen molar-refractivity contribution in [1.29, 1.82) is 0 Å². The largest absolute Gasteiger partial charge is 0.506 e. The number of halogens is 3. The highest BCUT2D eigenvalue weighted by Crippen LogP contribution is 2.31. The molecule has 112 valence electrons. The van der Waals surface area contributed by atoms with Crippen LogP contribution >= 0.6 is 23.2 Å². The number of nitrogens with one attached hydrogen (secondary N) is 1. The van der Waals surface area contributed by atoms with Gasteiger partial charge in [0.25, 0.3) is 0 Å². The average molecular weight is 330 g/mol. The minimum Gasteiger partial charge on any atom is -0.506 e. The molecular formula is C15H14Cl2FNO2. The van der Waals surface area contributed by atoms with E-state index in [9.17, 15) is 9.50 Å². The molecule has 0 radical (unpaired) electrons. The van der Waals surface area contributed by atoms with Gasteiger partial charge in [-0.3, -0.25) is 0 Å². The maximum Gasteiger partial charge on any atom is 0.167 e. The van der Waals surface area contributed by atoms with Crippen molar-refractivity contribution in [3.05, 3.63) is 51.8 Å². The molecule has 2 rings (SSSR count). The van der Waals surface area contributed by atoms with Gasteiger partial charge in [-0.15, -0.1) is 0 Å². The Bertz CT molecular complexity index is 650. The van der Waals surface area contributed by atoms with Crippen LogP contribution < -0.4 is 10.1 Å². The Morgan fingerprint density at radius 2 is 2.00 bits per heavy atom. The molecule has 2 aromatic carbocycles. The van der Waals surface area contributed by atoms with Gasteiger partial charge >= 0.3 is 0 Å². The molecule has 0 heterocycles. The minimum absolute atomic E-state index is 0.0417. The normalized spacial score (nSPS) is 10.5. The molecule has 2 aromatic rings. The summed E-state index contributed by atoms with van der Waals surface area (Å²) in [7, 11) is 0. The minimum atomic E-state index is -0.449. The first-order valence-electron chi connectivity index (χ1n) is 6.34. The number of hydrogen-bond acceptors (Lipinski definition) is 3. The molecule has 0 amide bonds.